The molecule has 1 heterocycles. The van der Waals surface area contributed by atoms with Crippen molar-refractivity contribution < 1.29 is 14.7 Å². The molecule has 1 aliphatic heterocycles. The molecular formula is C16H22N2O3. The summed E-state index contributed by atoms with van der Waals surface area (Å²) in [6.07, 6.45) is 2.30. The molecule has 0 aliphatic carbocycles. The number of nitrogens with one attached hydrogen (secondary N) is 1. The van der Waals surface area contributed by atoms with Crippen LogP contribution in [0.3, 0.4) is 0 Å². The molecule has 0 unspecified atom stereocenters. The van der Waals surface area contributed by atoms with Crippen molar-refractivity contribution in [3.8, 4) is 0 Å². The Kier molecular flexibility index (Phi) is 4.21. The summed E-state index contributed by atoms with van der Waals surface area (Å²) < 4.78 is 0. The number of anilines is 1. The van der Waals surface area contributed by atoms with Crippen molar-refractivity contribution in [3.05, 3.63) is 29.3 Å². The number of carboxylic acid groups (broad SMARTS) is 1. The Bertz CT molecular complexity index is 567. The van der Waals surface area contributed by atoms with E-state index in [1.807, 2.05) is 26.8 Å². The average Bonchev–Trinajstić information content (AvgIpc) is 2.45. The van der Waals surface area contributed by atoms with Gasteiger partial charge in [0.05, 0.1) is 5.56 Å². The predicted octanol–water partition coefficient (Wildman–Crippen LogP) is 3.04. The summed E-state index contributed by atoms with van der Waals surface area (Å²) >= 11 is 0. The molecule has 0 bridgehead atoms. The minimum absolute atomic E-state index is 0.162. The zero-order chi connectivity index (χ0) is 15.6. The SMILES string of the molecule is CCC(C)(C)NC(=O)N1CCCc2c(C(=O)O)cccc21. The lowest BCUT2D eigenvalue weighted by Gasteiger charge is -2.34. The van der Waals surface area contributed by atoms with Crippen LogP contribution in [-0.4, -0.2) is 29.2 Å². The van der Waals surface area contributed by atoms with E-state index < -0.39 is 5.97 Å². The highest BCUT2D eigenvalue weighted by atomic mass is 16.4. The van der Waals surface area contributed by atoms with Crippen LogP contribution >= 0.6 is 0 Å². The van der Waals surface area contributed by atoms with Gasteiger partial charge in [-0.3, -0.25) is 4.90 Å². The minimum atomic E-state index is -0.942. The molecule has 0 saturated carbocycles. The Hall–Kier alpha value is -2.04. The first-order valence-electron chi connectivity index (χ1n) is 7.30. The van der Waals surface area contributed by atoms with E-state index in [9.17, 15) is 14.7 Å². The van der Waals surface area contributed by atoms with Crippen LogP contribution < -0.4 is 10.2 Å². The number of carbonyl (C=O) groups is 2. The lowest BCUT2D eigenvalue weighted by atomic mass is 9.96. The summed E-state index contributed by atoms with van der Waals surface area (Å²) in [6.45, 7) is 6.58. The minimum Gasteiger partial charge on any atom is -0.478 e. The number of hydrogen-bond acceptors (Lipinski definition) is 2. The van der Waals surface area contributed by atoms with Gasteiger partial charge in [0.1, 0.15) is 0 Å². The van der Waals surface area contributed by atoms with Crippen molar-refractivity contribution in [2.75, 3.05) is 11.4 Å². The standard InChI is InChI=1S/C16H22N2O3/c1-4-16(2,3)17-15(21)18-10-6-8-11-12(14(19)20)7-5-9-13(11)18/h5,7,9H,4,6,8,10H2,1-3H3,(H,17,21)(H,19,20). The molecule has 1 aromatic carbocycles. The molecule has 0 aromatic heterocycles. The normalized spacial score (nSPS) is 14.5. The molecule has 114 valence electrons. The van der Waals surface area contributed by atoms with Gasteiger partial charge in [0.15, 0.2) is 0 Å². The topological polar surface area (TPSA) is 69.6 Å². The quantitative estimate of drug-likeness (QED) is 0.899. The van der Waals surface area contributed by atoms with Crippen LogP contribution in [0.5, 0.6) is 0 Å². The van der Waals surface area contributed by atoms with Gasteiger partial charge in [-0.15, -0.1) is 0 Å². The molecular weight excluding hydrogens is 268 g/mol. The maximum atomic E-state index is 12.5. The van der Waals surface area contributed by atoms with Crippen LogP contribution in [0, 0.1) is 0 Å². The van der Waals surface area contributed by atoms with Gasteiger partial charge in [-0.25, -0.2) is 9.59 Å². The third-order valence-corrected chi connectivity index (χ3v) is 4.06. The fraction of sp³-hybridized carbons (Fsp3) is 0.500. The molecule has 1 aliphatic rings. The number of carbonyl (C=O) groups excluding carboxylic acids is 1. The molecule has 2 amide bonds. The molecule has 0 fully saturated rings. The molecule has 0 spiro atoms. The van der Waals surface area contributed by atoms with E-state index >= 15 is 0 Å². The highest BCUT2D eigenvalue weighted by Gasteiger charge is 2.28. The number of amides is 2. The van der Waals surface area contributed by atoms with Crippen LogP contribution in [0.4, 0.5) is 10.5 Å². The third kappa shape index (κ3) is 3.17. The Morgan fingerprint density at radius 2 is 2.10 bits per heavy atom. The van der Waals surface area contributed by atoms with Gasteiger partial charge in [-0.2, -0.15) is 0 Å². The summed E-state index contributed by atoms with van der Waals surface area (Å²) in [4.78, 5) is 25.4. The van der Waals surface area contributed by atoms with Crippen LogP contribution in [-0.2, 0) is 6.42 Å². The molecule has 0 radical (unpaired) electrons. The van der Waals surface area contributed by atoms with Crippen LogP contribution in [0.2, 0.25) is 0 Å². The van der Waals surface area contributed by atoms with Gasteiger partial charge >= 0.3 is 12.0 Å². The van der Waals surface area contributed by atoms with E-state index in [-0.39, 0.29) is 11.6 Å². The number of hydrogen-bond donors (Lipinski definition) is 2. The molecule has 2 rings (SSSR count). The lowest BCUT2D eigenvalue weighted by molar-refractivity contribution is 0.0695. The van der Waals surface area contributed by atoms with Gasteiger partial charge in [0.2, 0.25) is 0 Å². The average molecular weight is 290 g/mol. The summed E-state index contributed by atoms with van der Waals surface area (Å²) in [6, 6.07) is 4.95. The molecule has 0 saturated heterocycles. The van der Waals surface area contributed by atoms with E-state index in [0.717, 1.165) is 18.4 Å². The number of urea groups is 1. The number of carboxylic acids is 1. The van der Waals surface area contributed by atoms with Crippen LogP contribution in [0.1, 0.15) is 49.5 Å². The first-order valence-corrected chi connectivity index (χ1v) is 7.30. The summed E-state index contributed by atoms with van der Waals surface area (Å²) in [5.41, 5.74) is 1.48. The third-order valence-electron chi connectivity index (χ3n) is 4.06. The molecule has 5 heteroatoms. The van der Waals surface area contributed by atoms with Crippen molar-refractivity contribution in [3.63, 3.8) is 0 Å². The molecule has 2 N–H and O–H groups in total. The second-order valence-electron chi connectivity index (χ2n) is 6.03. The largest absolute Gasteiger partial charge is 0.478 e. The first kappa shape index (κ1) is 15.4. The van der Waals surface area contributed by atoms with E-state index in [0.29, 0.717) is 24.2 Å². The summed E-state index contributed by atoms with van der Waals surface area (Å²) in [7, 11) is 0. The molecule has 1 aromatic rings. The van der Waals surface area contributed by atoms with Gasteiger partial charge in [-0.1, -0.05) is 13.0 Å². The summed E-state index contributed by atoms with van der Waals surface area (Å²) in [5.74, 6) is -0.942. The van der Waals surface area contributed by atoms with Crippen molar-refractivity contribution in [1.82, 2.24) is 5.32 Å². The zero-order valence-electron chi connectivity index (χ0n) is 12.8. The fourth-order valence-corrected chi connectivity index (χ4v) is 2.48. The molecule has 5 nitrogen and oxygen atoms in total. The smallest absolute Gasteiger partial charge is 0.336 e. The Labute approximate surface area is 125 Å². The van der Waals surface area contributed by atoms with E-state index in [2.05, 4.69) is 5.32 Å². The van der Waals surface area contributed by atoms with Gasteiger partial charge in [0.25, 0.3) is 0 Å². The fourth-order valence-electron chi connectivity index (χ4n) is 2.48. The maximum Gasteiger partial charge on any atom is 0.336 e. The zero-order valence-corrected chi connectivity index (χ0v) is 12.8. The van der Waals surface area contributed by atoms with Gasteiger partial charge < -0.3 is 10.4 Å². The predicted molar refractivity (Wildman–Crippen MR) is 82.0 cm³/mol. The van der Waals surface area contributed by atoms with E-state index in [4.69, 9.17) is 0 Å². The molecule has 0 atom stereocenters. The lowest BCUT2D eigenvalue weighted by Crippen LogP contribution is -2.51. The molecule has 21 heavy (non-hydrogen) atoms. The second kappa shape index (κ2) is 5.76. The van der Waals surface area contributed by atoms with Crippen molar-refractivity contribution in [2.45, 2.75) is 45.6 Å². The van der Waals surface area contributed by atoms with Crippen LogP contribution in [0.15, 0.2) is 18.2 Å². The van der Waals surface area contributed by atoms with E-state index in [1.165, 1.54) is 0 Å². The van der Waals surface area contributed by atoms with Gasteiger partial charge in [0, 0.05) is 17.8 Å². The number of rotatable bonds is 3. The Morgan fingerprint density at radius 3 is 2.71 bits per heavy atom. The van der Waals surface area contributed by atoms with Crippen molar-refractivity contribution in [1.29, 1.82) is 0 Å². The van der Waals surface area contributed by atoms with E-state index in [1.54, 1.807) is 17.0 Å². The highest BCUT2D eigenvalue weighted by Crippen LogP contribution is 2.30. The van der Waals surface area contributed by atoms with Crippen molar-refractivity contribution in [2.24, 2.45) is 0 Å². The summed E-state index contributed by atoms with van der Waals surface area (Å²) in [5, 5.41) is 12.3. The number of fused-ring (bicyclic) bond motifs is 1. The monoisotopic (exact) mass is 290 g/mol. The number of benzene rings is 1. The Balaban J connectivity index is 2.33. The first-order chi connectivity index (χ1) is 9.85. The van der Waals surface area contributed by atoms with Gasteiger partial charge in [-0.05, 0) is 50.8 Å². The number of nitrogens with zero attached hydrogens (tertiary/aromatic N) is 1. The Morgan fingerprint density at radius 1 is 1.38 bits per heavy atom. The van der Waals surface area contributed by atoms with Crippen LogP contribution in [0.25, 0.3) is 0 Å². The highest BCUT2D eigenvalue weighted by molar-refractivity contribution is 5.97. The maximum absolute atomic E-state index is 12.5. The number of aromatic carboxylic acids is 1. The second-order valence-corrected chi connectivity index (χ2v) is 6.03. The van der Waals surface area contributed by atoms with Crippen molar-refractivity contribution >= 4 is 17.7 Å².